The summed E-state index contributed by atoms with van der Waals surface area (Å²) in [5.74, 6) is -0.172. The third-order valence-corrected chi connectivity index (χ3v) is 4.49. The number of amides is 1. The van der Waals surface area contributed by atoms with Crippen LogP contribution in [0.4, 0.5) is 5.69 Å². The zero-order chi connectivity index (χ0) is 16.7. The summed E-state index contributed by atoms with van der Waals surface area (Å²) in [6, 6.07) is 16.0. The van der Waals surface area contributed by atoms with Gasteiger partial charge in [0, 0.05) is 15.5 Å². The first-order valence-electron chi connectivity index (χ1n) is 8.02. The molecule has 4 heteroatoms. The summed E-state index contributed by atoms with van der Waals surface area (Å²) in [6.07, 6.45) is 3.57. The molecule has 0 aliphatic heterocycles. The highest BCUT2D eigenvalue weighted by Crippen LogP contribution is 2.29. The Hall–Kier alpha value is -1.78. The second kappa shape index (κ2) is 8.75. The first kappa shape index (κ1) is 17.6. The largest absolute Gasteiger partial charge is 0.325 e. The van der Waals surface area contributed by atoms with E-state index in [1.165, 1.54) is 23.3 Å². The summed E-state index contributed by atoms with van der Waals surface area (Å²) in [5, 5.41) is 2.79. The van der Waals surface area contributed by atoms with Gasteiger partial charge in [0.25, 0.3) is 0 Å². The van der Waals surface area contributed by atoms with Crippen LogP contribution in [0, 0.1) is 0 Å². The minimum Gasteiger partial charge on any atom is -0.325 e. The summed E-state index contributed by atoms with van der Waals surface area (Å²) in [6.45, 7) is 3.88. The summed E-state index contributed by atoms with van der Waals surface area (Å²) in [5.41, 5.74) is 7.71. The Balaban J connectivity index is 1.99. The lowest BCUT2D eigenvalue weighted by Gasteiger charge is -2.09. The van der Waals surface area contributed by atoms with Gasteiger partial charge in [-0.1, -0.05) is 37.2 Å². The number of nitrogens with one attached hydrogen (secondary N) is 1. The fourth-order valence-corrected chi connectivity index (χ4v) is 3.05. The van der Waals surface area contributed by atoms with Crippen LogP contribution in [0.2, 0.25) is 0 Å². The molecule has 0 saturated heterocycles. The third-order valence-electron chi connectivity index (χ3n) is 3.49. The predicted molar refractivity (Wildman–Crippen MR) is 97.9 cm³/mol. The molecular formula is C19H24N2OS. The van der Waals surface area contributed by atoms with Gasteiger partial charge in [0.15, 0.2) is 0 Å². The molecule has 0 saturated carbocycles. The number of aryl methyl sites for hydroxylation is 1. The summed E-state index contributed by atoms with van der Waals surface area (Å²) >= 11 is 1.73. The Morgan fingerprint density at radius 3 is 2.57 bits per heavy atom. The van der Waals surface area contributed by atoms with Crippen molar-refractivity contribution in [3.8, 4) is 0 Å². The Labute approximate surface area is 142 Å². The van der Waals surface area contributed by atoms with Crippen molar-refractivity contribution in [1.82, 2.24) is 0 Å². The number of hydrogen-bond donors (Lipinski definition) is 2. The van der Waals surface area contributed by atoms with E-state index in [0.717, 1.165) is 17.0 Å². The maximum atomic E-state index is 11.6. The van der Waals surface area contributed by atoms with Crippen LogP contribution in [0.1, 0.15) is 32.3 Å². The van der Waals surface area contributed by atoms with Crippen molar-refractivity contribution in [2.45, 2.75) is 48.9 Å². The molecular weight excluding hydrogens is 304 g/mol. The maximum absolute atomic E-state index is 11.6. The molecule has 1 atom stereocenters. The van der Waals surface area contributed by atoms with E-state index in [1.54, 1.807) is 18.7 Å². The molecule has 0 radical (unpaired) electrons. The van der Waals surface area contributed by atoms with Crippen molar-refractivity contribution in [2.24, 2.45) is 5.73 Å². The Morgan fingerprint density at radius 2 is 1.91 bits per heavy atom. The zero-order valence-electron chi connectivity index (χ0n) is 13.7. The second-order valence-electron chi connectivity index (χ2n) is 5.66. The number of carbonyl (C=O) groups excluding carboxylic acids is 1. The van der Waals surface area contributed by atoms with E-state index in [9.17, 15) is 4.79 Å². The molecule has 3 nitrogen and oxygen atoms in total. The minimum absolute atomic E-state index is 0.172. The summed E-state index contributed by atoms with van der Waals surface area (Å²) < 4.78 is 0. The van der Waals surface area contributed by atoms with Gasteiger partial charge in [-0.15, -0.1) is 0 Å². The normalized spacial score (nSPS) is 12.0. The topological polar surface area (TPSA) is 55.1 Å². The lowest BCUT2D eigenvalue weighted by Crippen LogP contribution is -2.32. The third kappa shape index (κ3) is 5.73. The average molecular weight is 328 g/mol. The van der Waals surface area contributed by atoms with Gasteiger partial charge >= 0.3 is 0 Å². The van der Waals surface area contributed by atoms with Gasteiger partial charge in [-0.05, 0) is 61.7 Å². The molecule has 0 fully saturated rings. The van der Waals surface area contributed by atoms with E-state index in [0.29, 0.717) is 0 Å². The number of anilines is 1. The summed E-state index contributed by atoms with van der Waals surface area (Å²) in [7, 11) is 0. The molecule has 0 aliphatic rings. The molecule has 0 bridgehead atoms. The van der Waals surface area contributed by atoms with Crippen molar-refractivity contribution in [1.29, 1.82) is 0 Å². The number of carbonyl (C=O) groups is 1. The molecule has 122 valence electrons. The zero-order valence-corrected chi connectivity index (χ0v) is 14.5. The molecule has 1 unspecified atom stereocenters. The standard InChI is InChI=1S/C19H24N2OS/c1-3-4-6-15-7-5-8-18(13-15)23-17-11-9-16(10-12-17)21-19(22)14(2)20/h5,7-14H,3-4,6,20H2,1-2H3,(H,21,22). The number of benzene rings is 2. The number of rotatable bonds is 7. The smallest absolute Gasteiger partial charge is 0.240 e. The first-order valence-corrected chi connectivity index (χ1v) is 8.83. The number of hydrogen-bond acceptors (Lipinski definition) is 3. The molecule has 0 aliphatic carbocycles. The van der Waals surface area contributed by atoms with Crippen LogP contribution >= 0.6 is 11.8 Å². The average Bonchev–Trinajstić information content (AvgIpc) is 2.55. The van der Waals surface area contributed by atoms with Crippen LogP contribution in [0.15, 0.2) is 58.3 Å². The van der Waals surface area contributed by atoms with E-state index in [2.05, 4.69) is 36.5 Å². The molecule has 3 N–H and O–H groups in total. The van der Waals surface area contributed by atoms with Crippen LogP contribution in [-0.4, -0.2) is 11.9 Å². The van der Waals surface area contributed by atoms with Gasteiger partial charge in [0.05, 0.1) is 6.04 Å². The lowest BCUT2D eigenvalue weighted by molar-refractivity contribution is -0.117. The van der Waals surface area contributed by atoms with Gasteiger partial charge in [0.2, 0.25) is 5.91 Å². The molecule has 0 heterocycles. The van der Waals surface area contributed by atoms with Crippen LogP contribution in [0.5, 0.6) is 0 Å². The molecule has 2 aromatic rings. The van der Waals surface area contributed by atoms with Crippen molar-refractivity contribution >= 4 is 23.4 Å². The van der Waals surface area contributed by atoms with Crippen LogP contribution in [-0.2, 0) is 11.2 Å². The highest BCUT2D eigenvalue weighted by molar-refractivity contribution is 7.99. The fourth-order valence-electron chi connectivity index (χ4n) is 2.14. The van der Waals surface area contributed by atoms with Gasteiger partial charge in [-0.2, -0.15) is 0 Å². The Morgan fingerprint density at radius 1 is 1.17 bits per heavy atom. The molecule has 0 aromatic heterocycles. The minimum atomic E-state index is -0.505. The first-order chi connectivity index (χ1) is 11.1. The Kier molecular flexibility index (Phi) is 6.68. The van der Waals surface area contributed by atoms with E-state index >= 15 is 0 Å². The highest BCUT2D eigenvalue weighted by atomic mass is 32.2. The van der Waals surface area contributed by atoms with Crippen molar-refractivity contribution < 1.29 is 4.79 Å². The number of unbranched alkanes of at least 4 members (excludes halogenated alkanes) is 1. The molecule has 1 amide bonds. The van der Waals surface area contributed by atoms with Gasteiger partial charge in [0.1, 0.15) is 0 Å². The highest BCUT2D eigenvalue weighted by Gasteiger charge is 2.07. The van der Waals surface area contributed by atoms with E-state index in [-0.39, 0.29) is 5.91 Å². The summed E-state index contributed by atoms with van der Waals surface area (Å²) in [4.78, 5) is 14.0. The van der Waals surface area contributed by atoms with E-state index < -0.39 is 6.04 Å². The van der Waals surface area contributed by atoms with Gasteiger partial charge in [-0.3, -0.25) is 4.79 Å². The Bertz CT molecular complexity index is 638. The van der Waals surface area contributed by atoms with E-state index in [4.69, 9.17) is 5.73 Å². The van der Waals surface area contributed by atoms with Crippen molar-refractivity contribution in [3.63, 3.8) is 0 Å². The molecule has 23 heavy (non-hydrogen) atoms. The second-order valence-corrected chi connectivity index (χ2v) is 6.80. The van der Waals surface area contributed by atoms with Gasteiger partial charge in [-0.25, -0.2) is 0 Å². The monoisotopic (exact) mass is 328 g/mol. The van der Waals surface area contributed by atoms with Crippen LogP contribution in [0.3, 0.4) is 0 Å². The van der Waals surface area contributed by atoms with Crippen LogP contribution in [0.25, 0.3) is 0 Å². The fraction of sp³-hybridized carbons (Fsp3) is 0.316. The van der Waals surface area contributed by atoms with Crippen molar-refractivity contribution in [3.05, 3.63) is 54.1 Å². The maximum Gasteiger partial charge on any atom is 0.240 e. The molecule has 2 rings (SSSR count). The SMILES string of the molecule is CCCCc1cccc(Sc2ccc(NC(=O)C(C)N)cc2)c1. The predicted octanol–water partition coefficient (Wildman–Crippen LogP) is 4.47. The van der Waals surface area contributed by atoms with Crippen molar-refractivity contribution in [2.75, 3.05) is 5.32 Å². The molecule has 0 spiro atoms. The van der Waals surface area contributed by atoms with E-state index in [1.807, 2.05) is 24.3 Å². The quantitative estimate of drug-likeness (QED) is 0.788. The lowest BCUT2D eigenvalue weighted by atomic mass is 10.1. The van der Waals surface area contributed by atoms with Crippen LogP contribution < -0.4 is 11.1 Å². The van der Waals surface area contributed by atoms with Gasteiger partial charge < -0.3 is 11.1 Å². The number of nitrogens with two attached hydrogens (primary N) is 1. The molecule has 2 aromatic carbocycles.